The van der Waals surface area contributed by atoms with Crippen molar-refractivity contribution < 1.29 is 0 Å². The molecule has 5 nitrogen and oxygen atoms in total. The van der Waals surface area contributed by atoms with Crippen molar-refractivity contribution in [3.8, 4) is 0 Å². The van der Waals surface area contributed by atoms with Gasteiger partial charge in [0.15, 0.2) is 0 Å². The number of thiazole rings is 1. The largest absolute Gasteiger partial charge is 0.308 e. The summed E-state index contributed by atoms with van der Waals surface area (Å²) in [6.45, 7) is 2.38. The van der Waals surface area contributed by atoms with Gasteiger partial charge in [-0.1, -0.05) is 17.4 Å². The number of aromatic nitrogens is 2. The first-order valence-corrected chi connectivity index (χ1v) is 5.66. The number of nitrogens with zero attached hydrogens (tertiary/aromatic N) is 2. The molecule has 0 unspecified atom stereocenters. The zero-order valence-corrected chi connectivity index (χ0v) is 9.62. The number of aryl methyl sites for hydroxylation is 1. The molecule has 0 bridgehead atoms. The van der Waals surface area contributed by atoms with E-state index in [1.165, 1.54) is 11.3 Å². The maximum Gasteiger partial charge on any atom is 0.307 e. The molecule has 2 rings (SSSR count). The number of hydrogen-bond acceptors (Lipinski definition) is 5. The summed E-state index contributed by atoms with van der Waals surface area (Å²) in [5.41, 5.74) is 4.23. The van der Waals surface area contributed by atoms with Crippen molar-refractivity contribution in [2.24, 2.45) is 5.84 Å². The van der Waals surface area contributed by atoms with Gasteiger partial charge in [-0.3, -0.25) is 9.36 Å². The first-order chi connectivity index (χ1) is 7.70. The second-order valence-electron chi connectivity index (χ2n) is 3.39. The van der Waals surface area contributed by atoms with Crippen LogP contribution in [0.25, 0.3) is 0 Å². The van der Waals surface area contributed by atoms with E-state index in [1.54, 1.807) is 10.6 Å². The van der Waals surface area contributed by atoms with Gasteiger partial charge in [-0.2, -0.15) is 0 Å². The lowest BCUT2D eigenvalue weighted by atomic mass is 10.3. The lowest BCUT2D eigenvalue weighted by Crippen LogP contribution is -2.17. The molecule has 84 valence electrons. The minimum absolute atomic E-state index is 0.0328. The van der Waals surface area contributed by atoms with Crippen LogP contribution in [-0.2, 0) is 6.54 Å². The van der Waals surface area contributed by atoms with Gasteiger partial charge in [0.1, 0.15) is 5.82 Å². The lowest BCUT2D eigenvalue weighted by molar-refractivity contribution is 0.736. The van der Waals surface area contributed by atoms with Gasteiger partial charge in [0.25, 0.3) is 0 Å². The summed E-state index contributed by atoms with van der Waals surface area (Å²) in [7, 11) is 0. The Kier molecular flexibility index (Phi) is 3.02. The first kappa shape index (κ1) is 10.8. The maximum atomic E-state index is 11.5. The summed E-state index contributed by atoms with van der Waals surface area (Å²) in [6.07, 6.45) is 0. The van der Waals surface area contributed by atoms with E-state index in [-0.39, 0.29) is 4.87 Å². The molecule has 6 heteroatoms. The summed E-state index contributed by atoms with van der Waals surface area (Å²) in [4.78, 5) is 15.8. The molecule has 3 N–H and O–H groups in total. The molecular weight excluding hydrogens is 224 g/mol. The van der Waals surface area contributed by atoms with E-state index in [2.05, 4.69) is 10.4 Å². The third kappa shape index (κ3) is 2.12. The lowest BCUT2D eigenvalue weighted by Gasteiger charge is -2.05. The van der Waals surface area contributed by atoms with E-state index < -0.39 is 0 Å². The van der Waals surface area contributed by atoms with Crippen LogP contribution < -0.4 is 16.1 Å². The Morgan fingerprint density at radius 3 is 3.00 bits per heavy atom. The van der Waals surface area contributed by atoms with E-state index in [9.17, 15) is 4.79 Å². The number of hydrogen-bond donors (Lipinski definition) is 2. The molecule has 0 aromatic carbocycles. The summed E-state index contributed by atoms with van der Waals surface area (Å²) in [6, 6.07) is 5.49. The van der Waals surface area contributed by atoms with Crippen LogP contribution in [0.3, 0.4) is 0 Å². The third-order valence-corrected chi connectivity index (χ3v) is 3.13. The van der Waals surface area contributed by atoms with Gasteiger partial charge in [-0.05, 0) is 19.1 Å². The minimum atomic E-state index is 0.0328. The van der Waals surface area contributed by atoms with Gasteiger partial charge in [-0.25, -0.2) is 10.8 Å². The average Bonchev–Trinajstić information content (AvgIpc) is 2.61. The van der Waals surface area contributed by atoms with Gasteiger partial charge in [-0.15, -0.1) is 0 Å². The van der Waals surface area contributed by atoms with Gasteiger partial charge >= 0.3 is 4.87 Å². The Hall–Kier alpha value is -1.66. The summed E-state index contributed by atoms with van der Waals surface area (Å²) in [5, 5.41) is 1.84. The molecule has 0 atom stereocenters. The van der Waals surface area contributed by atoms with Crippen LogP contribution in [0, 0.1) is 6.92 Å². The number of rotatable bonds is 3. The van der Waals surface area contributed by atoms with Crippen molar-refractivity contribution >= 4 is 17.2 Å². The molecule has 2 heterocycles. The number of nitrogens with one attached hydrogen (secondary N) is 1. The number of nitrogens with two attached hydrogens (primary N) is 1. The second-order valence-corrected chi connectivity index (χ2v) is 4.21. The Balaban J connectivity index is 2.30. The van der Waals surface area contributed by atoms with Gasteiger partial charge in [0.05, 0.1) is 12.2 Å². The van der Waals surface area contributed by atoms with E-state index in [1.807, 2.05) is 24.4 Å². The monoisotopic (exact) mass is 236 g/mol. The summed E-state index contributed by atoms with van der Waals surface area (Å²) >= 11 is 1.20. The second kappa shape index (κ2) is 4.46. The Bertz CT molecular complexity index is 546. The summed E-state index contributed by atoms with van der Waals surface area (Å²) in [5.74, 6) is 5.87. The van der Waals surface area contributed by atoms with Crippen LogP contribution in [0.15, 0.2) is 28.4 Å². The molecule has 0 aliphatic heterocycles. The zero-order chi connectivity index (χ0) is 11.5. The minimum Gasteiger partial charge on any atom is -0.308 e. The summed E-state index contributed by atoms with van der Waals surface area (Å²) < 4.78 is 1.69. The number of nitrogen functional groups attached to an aromatic ring is 1. The highest BCUT2D eigenvalue weighted by molar-refractivity contribution is 7.07. The van der Waals surface area contributed by atoms with Crippen LogP contribution in [0.5, 0.6) is 0 Å². The number of anilines is 1. The van der Waals surface area contributed by atoms with Crippen molar-refractivity contribution in [1.82, 2.24) is 9.55 Å². The molecular formula is C10H12N4OS. The molecule has 0 saturated heterocycles. The standard InChI is InChI=1S/C10H12N4OS/c1-7-6-16-10(15)14(7)5-8-3-2-4-9(12-8)13-11/h2-4,6H,5,11H2,1H3,(H,12,13). The molecule has 0 amide bonds. The predicted octanol–water partition coefficient (Wildman–Crippen LogP) is 0.947. The fraction of sp³-hybridized carbons (Fsp3) is 0.200. The Labute approximate surface area is 96.5 Å². The highest BCUT2D eigenvalue weighted by Gasteiger charge is 2.04. The zero-order valence-electron chi connectivity index (χ0n) is 8.80. The van der Waals surface area contributed by atoms with Crippen molar-refractivity contribution in [2.45, 2.75) is 13.5 Å². The topological polar surface area (TPSA) is 72.9 Å². The van der Waals surface area contributed by atoms with Crippen molar-refractivity contribution in [3.05, 3.63) is 44.6 Å². The number of hydrazine groups is 1. The SMILES string of the molecule is Cc1csc(=O)n1Cc1cccc(NN)n1. The molecule has 2 aromatic heterocycles. The third-order valence-electron chi connectivity index (χ3n) is 2.25. The highest BCUT2D eigenvalue weighted by atomic mass is 32.1. The molecule has 2 aromatic rings. The number of pyridine rings is 1. The van der Waals surface area contributed by atoms with Gasteiger partial charge < -0.3 is 5.43 Å². The van der Waals surface area contributed by atoms with Crippen LogP contribution in [0.4, 0.5) is 5.82 Å². The molecule has 0 aliphatic carbocycles. The molecule has 0 spiro atoms. The van der Waals surface area contributed by atoms with E-state index >= 15 is 0 Å². The molecule has 0 saturated carbocycles. The van der Waals surface area contributed by atoms with Crippen LogP contribution in [0.1, 0.15) is 11.4 Å². The maximum absolute atomic E-state index is 11.5. The van der Waals surface area contributed by atoms with Crippen LogP contribution >= 0.6 is 11.3 Å². The highest BCUT2D eigenvalue weighted by Crippen LogP contribution is 2.07. The van der Waals surface area contributed by atoms with E-state index in [0.717, 1.165) is 11.4 Å². The smallest absolute Gasteiger partial charge is 0.307 e. The molecule has 0 fully saturated rings. The van der Waals surface area contributed by atoms with Gasteiger partial charge in [0.2, 0.25) is 0 Å². The van der Waals surface area contributed by atoms with Crippen LogP contribution in [0.2, 0.25) is 0 Å². The molecule has 0 aliphatic rings. The predicted molar refractivity (Wildman–Crippen MR) is 64.5 cm³/mol. The van der Waals surface area contributed by atoms with Gasteiger partial charge in [0, 0.05) is 11.1 Å². The van der Waals surface area contributed by atoms with E-state index in [4.69, 9.17) is 5.84 Å². The normalized spacial score (nSPS) is 10.4. The fourth-order valence-electron chi connectivity index (χ4n) is 1.41. The van der Waals surface area contributed by atoms with Crippen molar-refractivity contribution in [2.75, 3.05) is 5.43 Å². The van der Waals surface area contributed by atoms with E-state index in [0.29, 0.717) is 12.4 Å². The Morgan fingerprint density at radius 2 is 2.38 bits per heavy atom. The fourth-order valence-corrected chi connectivity index (χ4v) is 2.14. The first-order valence-electron chi connectivity index (χ1n) is 4.78. The van der Waals surface area contributed by atoms with Crippen LogP contribution in [-0.4, -0.2) is 9.55 Å². The Morgan fingerprint density at radius 1 is 1.56 bits per heavy atom. The average molecular weight is 236 g/mol. The van der Waals surface area contributed by atoms with Crippen molar-refractivity contribution in [1.29, 1.82) is 0 Å². The molecule has 16 heavy (non-hydrogen) atoms. The molecule has 0 radical (unpaired) electrons. The van der Waals surface area contributed by atoms with Crippen molar-refractivity contribution in [3.63, 3.8) is 0 Å². The quantitative estimate of drug-likeness (QED) is 0.614.